The summed E-state index contributed by atoms with van der Waals surface area (Å²) in [7, 11) is 0. The van der Waals surface area contributed by atoms with E-state index in [0.717, 1.165) is 0 Å². The second-order valence-electron chi connectivity index (χ2n) is 6.28. The molecule has 0 aliphatic carbocycles. The first kappa shape index (κ1) is 18.1. The van der Waals surface area contributed by atoms with Crippen LogP contribution in [0.15, 0.2) is 42.5 Å². The van der Waals surface area contributed by atoms with Crippen molar-refractivity contribution in [2.45, 2.75) is 18.9 Å². The third-order valence-electron chi connectivity index (χ3n) is 4.31. The number of halogens is 1. The maximum Gasteiger partial charge on any atom is 0.254 e. The first-order valence-electron chi connectivity index (χ1n) is 8.56. The average Bonchev–Trinajstić information content (AvgIpc) is 3.00. The van der Waals surface area contributed by atoms with Gasteiger partial charge in [0.1, 0.15) is 11.9 Å². The molecule has 0 bridgehead atoms. The van der Waals surface area contributed by atoms with Gasteiger partial charge >= 0.3 is 0 Å². The molecule has 2 heterocycles. The minimum Gasteiger partial charge on any atom is -0.340 e. The van der Waals surface area contributed by atoms with Gasteiger partial charge in [-0.1, -0.05) is 23.5 Å². The molecule has 0 radical (unpaired) electrons. The quantitative estimate of drug-likeness (QED) is 0.629. The van der Waals surface area contributed by atoms with Crippen molar-refractivity contribution in [2.24, 2.45) is 0 Å². The summed E-state index contributed by atoms with van der Waals surface area (Å²) in [6.07, 6.45) is 0.149. The van der Waals surface area contributed by atoms with Crippen molar-refractivity contribution < 1.29 is 18.8 Å². The van der Waals surface area contributed by atoms with E-state index in [0.29, 0.717) is 26.6 Å². The maximum absolute atomic E-state index is 13.3. The van der Waals surface area contributed by atoms with Crippen molar-refractivity contribution in [1.29, 1.82) is 0 Å². The smallest absolute Gasteiger partial charge is 0.254 e. The fourth-order valence-corrected chi connectivity index (χ4v) is 3.83. The third-order valence-corrected chi connectivity index (χ3v) is 5.24. The summed E-state index contributed by atoms with van der Waals surface area (Å²) in [5, 5.41) is 8.35. The molecule has 3 N–H and O–H groups in total. The van der Waals surface area contributed by atoms with Gasteiger partial charge in [-0.25, -0.2) is 9.37 Å². The van der Waals surface area contributed by atoms with Gasteiger partial charge in [-0.3, -0.25) is 14.4 Å². The van der Waals surface area contributed by atoms with Crippen molar-refractivity contribution >= 4 is 50.1 Å². The first-order valence-corrected chi connectivity index (χ1v) is 9.38. The first-order chi connectivity index (χ1) is 13.5. The van der Waals surface area contributed by atoms with Gasteiger partial charge in [-0.15, -0.1) is 0 Å². The Labute approximate surface area is 163 Å². The molecule has 0 saturated carbocycles. The number of aromatic nitrogens is 1. The Bertz CT molecular complexity index is 1100. The molecule has 28 heavy (non-hydrogen) atoms. The summed E-state index contributed by atoms with van der Waals surface area (Å²) < 4.78 is 13.9. The van der Waals surface area contributed by atoms with Gasteiger partial charge < -0.3 is 16.0 Å². The predicted octanol–water partition coefficient (Wildman–Crippen LogP) is 2.90. The summed E-state index contributed by atoms with van der Waals surface area (Å²) in [4.78, 5) is 41.1. The Kier molecular flexibility index (Phi) is 4.74. The Hall–Kier alpha value is -3.33. The van der Waals surface area contributed by atoms with E-state index in [4.69, 9.17) is 0 Å². The second-order valence-corrected chi connectivity index (χ2v) is 7.31. The molecular weight excluding hydrogens is 383 g/mol. The third kappa shape index (κ3) is 3.70. The van der Waals surface area contributed by atoms with Crippen LogP contribution in [-0.2, 0) is 9.59 Å². The summed E-state index contributed by atoms with van der Waals surface area (Å²) in [5.41, 5.74) is 1.41. The zero-order valence-corrected chi connectivity index (χ0v) is 15.3. The highest BCUT2D eigenvalue weighted by Gasteiger charge is 2.27. The summed E-state index contributed by atoms with van der Waals surface area (Å²) in [5.74, 6) is -1.46. The van der Waals surface area contributed by atoms with Gasteiger partial charge in [0.15, 0.2) is 5.13 Å². The number of carbonyl (C=O) groups is 3. The van der Waals surface area contributed by atoms with Crippen LogP contribution in [0.2, 0.25) is 0 Å². The molecule has 9 heteroatoms. The van der Waals surface area contributed by atoms with E-state index < -0.39 is 6.04 Å². The van der Waals surface area contributed by atoms with Crippen LogP contribution in [0, 0.1) is 5.82 Å². The van der Waals surface area contributed by atoms with Gasteiger partial charge in [-0.2, -0.15) is 0 Å². The molecule has 0 fully saturated rings. The maximum atomic E-state index is 13.3. The number of benzene rings is 2. The standard InChI is InChI=1S/C19H15FN4O3S/c20-10-5-6-13-15(9-10)28-19(23-13)24-16(25)8-7-14-18(27)21-12-4-2-1-3-11(12)17(26)22-14/h1-6,9,14H,7-8H2,(H,21,27)(H,22,26)(H,23,24,25)/t14-/m1/s1. The van der Waals surface area contributed by atoms with Crippen LogP contribution in [-0.4, -0.2) is 28.7 Å². The fraction of sp³-hybridized carbons (Fsp3) is 0.158. The second kappa shape index (κ2) is 7.35. The number of thiazole rings is 1. The summed E-state index contributed by atoms with van der Waals surface area (Å²) in [6, 6.07) is 10.1. The van der Waals surface area contributed by atoms with E-state index in [1.807, 2.05) is 0 Å². The molecule has 1 atom stereocenters. The fourth-order valence-electron chi connectivity index (χ4n) is 2.92. The highest BCUT2D eigenvalue weighted by atomic mass is 32.1. The molecule has 1 aromatic heterocycles. The molecule has 7 nitrogen and oxygen atoms in total. The summed E-state index contributed by atoms with van der Waals surface area (Å²) in [6.45, 7) is 0. The number of nitrogens with one attached hydrogen (secondary N) is 3. The number of amides is 3. The van der Waals surface area contributed by atoms with Crippen LogP contribution in [0.5, 0.6) is 0 Å². The van der Waals surface area contributed by atoms with E-state index in [1.54, 1.807) is 30.3 Å². The van der Waals surface area contributed by atoms with Gasteiger partial charge in [0.2, 0.25) is 11.8 Å². The lowest BCUT2D eigenvalue weighted by atomic mass is 10.1. The van der Waals surface area contributed by atoms with Crippen LogP contribution >= 0.6 is 11.3 Å². The van der Waals surface area contributed by atoms with E-state index in [-0.39, 0.29) is 36.4 Å². The summed E-state index contributed by atoms with van der Waals surface area (Å²) >= 11 is 1.17. The van der Waals surface area contributed by atoms with Gasteiger partial charge in [0.25, 0.3) is 5.91 Å². The van der Waals surface area contributed by atoms with Crippen molar-refractivity contribution in [3.63, 3.8) is 0 Å². The largest absolute Gasteiger partial charge is 0.340 e. The number of anilines is 2. The van der Waals surface area contributed by atoms with Gasteiger partial charge in [0, 0.05) is 6.42 Å². The number of nitrogens with zero attached hydrogens (tertiary/aromatic N) is 1. The molecule has 4 rings (SSSR count). The van der Waals surface area contributed by atoms with E-state index in [1.165, 1.54) is 23.5 Å². The molecule has 142 valence electrons. The number of hydrogen-bond acceptors (Lipinski definition) is 5. The van der Waals surface area contributed by atoms with Crippen molar-refractivity contribution in [3.05, 3.63) is 53.8 Å². The zero-order valence-electron chi connectivity index (χ0n) is 14.5. The van der Waals surface area contributed by atoms with E-state index in [2.05, 4.69) is 20.9 Å². The number of hydrogen-bond donors (Lipinski definition) is 3. The predicted molar refractivity (Wildman–Crippen MR) is 104 cm³/mol. The Morgan fingerprint density at radius 1 is 1.21 bits per heavy atom. The topological polar surface area (TPSA) is 100 Å². The average molecular weight is 398 g/mol. The number of carbonyl (C=O) groups excluding carboxylic acids is 3. The molecule has 1 aliphatic rings. The molecule has 3 amide bonds. The molecule has 3 aromatic rings. The highest BCUT2D eigenvalue weighted by Crippen LogP contribution is 2.26. The molecule has 0 unspecified atom stereocenters. The molecule has 0 saturated heterocycles. The minimum atomic E-state index is -0.824. The Morgan fingerprint density at radius 2 is 2.04 bits per heavy atom. The number of fused-ring (bicyclic) bond motifs is 2. The van der Waals surface area contributed by atoms with Crippen LogP contribution in [0.3, 0.4) is 0 Å². The van der Waals surface area contributed by atoms with Crippen molar-refractivity contribution in [3.8, 4) is 0 Å². The van der Waals surface area contributed by atoms with Crippen LogP contribution in [0.4, 0.5) is 15.2 Å². The van der Waals surface area contributed by atoms with Gasteiger partial charge in [0.05, 0.1) is 21.5 Å². The lowest BCUT2D eigenvalue weighted by molar-refractivity contribution is -0.118. The van der Waals surface area contributed by atoms with Crippen LogP contribution in [0.25, 0.3) is 10.2 Å². The van der Waals surface area contributed by atoms with Gasteiger partial charge in [-0.05, 0) is 36.8 Å². The molecule has 2 aromatic carbocycles. The number of rotatable bonds is 4. The Balaban J connectivity index is 1.39. The number of para-hydroxylation sites is 1. The van der Waals surface area contributed by atoms with Crippen molar-refractivity contribution in [1.82, 2.24) is 10.3 Å². The molecular formula is C19H15FN4O3S. The van der Waals surface area contributed by atoms with Crippen LogP contribution < -0.4 is 16.0 Å². The lowest BCUT2D eigenvalue weighted by Crippen LogP contribution is -2.41. The monoisotopic (exact) mass is 398 g/mol. The van der Waals surface area contributed by atoms with Crippen LogP contribution in [0.1, 0.15) is 23.2 Å². The minimum absolute atomic E-state index is 0.0129. The molecule has 1 aliphatic heterocycles. The molecule has 0 spiro atoms. The lowest BCUT2D eigenvalue weighted by Gasteiger charge is -2.13. The zero-order chi connectivity index (χ0) is 19.7. The van der Waals surface area contributed by atoms with E-state index in [9.17, 15) is 18.8 Å². The SMILES string of the molecule is O=C(CC[C@H]1NC(=O)c2ccccc2NC1=O)Nc1nc2ccc(F)cc2s1. The normalized spacial score (nSPS) is 16.1. The van der Waals surface area contributed by atoms with Crippen molar-refractivity contribution in [2.75, 3.05) is 10.6 Å². The Morgan fingerprint density at radius 3 is 2.89 bits per heavy atom. The highest BCUT2D eigenvalue weighted by molar-refractivity contribution is 7.22. The van der Waals surface area contributed by atoms with E-state index >= 15 is 0 Å².